The SMILES string of the molecule is CC[C@@H](C)NC(=O)[C@H](Cc1ccccc1)N(Cc1ccc(Cl)cc1Cl)C(=O)CCCN(c1ccc(F)cc1)S(C)(=O)=O. The lowest BCUT2D eigenvalue weighted by Gasteiger charge is -2.33. The first kappa shape index (κ1) is 33.4. The highest BCUT2D eigenvalue weighted by Crippen LogP contribution is 2.25. The minimum atomic E-state index is -3.70. The van der Waals surface area contributed by atoms with Crippen LogP contribution in [0.4, 0.5) is 10.1 Å². The van der Waals surface area contributed by atoms with Crippen molar-refractivity contribution in [3.8, 4) is 0 Å². The van der Waals surface area contributed by atoms with Crippen LogP contribution >= 0.6 is 23.2 Å². The van der Waals surface area contributed by atoms with Crippen LogP contribution in [0.5, 0.6) is 0 Å². The Morgan fingerprint density at radius 3 is 2.26 bits per heavy atom. The zero-order valence-corrected chi connectivity index (χ0v) is 26.2. The van der Waals surface area contributed by atoms with Crippen molar-refractivity contribution in [2.45, 2.75) is 58.2 Å². The van der Waals surface area contributed by atoms with Crippen LogP contribution in [0.2, 0.25) is 10.0 Å². The fourth-order valence-electron chi connectivity index (χ4n) is 4.44. The Morgan fingerprint density at radius 2 is 1.67 bits per heavy atom. The average Bonchev–Trinajstić information content (AvgIpc) is 2.94. The molecule has 0 saturated heterocycles. The number of benzene rings is 3. The number of amides is 2. The first-order valence-electron chi connectivity index (χ1n) is 13.7. The normalized spacial score (nSPS) is 12.8. The zero-order chi connectivity index (χ0) is 30.9. The predicted octanol–water partition coefficient (Wildman–Crippen LogP) is 6.23. The Labute approximate surface area is 257 Å². The highest BCUT2D eigenvalue weighted by molar-refractivity contribution is 7.92. The second kappa shape index (κ2) is 15.4. The van der Waals surface area contributed by atoms with Gasteiger partial charge < -0.3 is 10.2 Å². The van der Waals surface area contributed by atoms with Crippen molar-refractivity contribution in [2.24, 2.45) is 0 Å². The molecule has 2 amide bonds. The van der Waals surface area contributed by atoms with Crippen LogP contribution in [0.15, 0.2) is 72.8 Å². The Bertz CT molecular complexity index is 1460. The summed E-state index contributed by atoms with van der Waals surface area (Å²) < 4.78 is 39.6. The van der Waals surface area contributed by atoms with E-state index >= 15 is 0 Å². The van der Waals surface area contributed by atoms with Gasteiger partial charge in [0.2, 0.25) is 21.8 Å². The van der Waals surface area contributed by atoms with Crippen LogP contribution < -0.4 is 9.62 Å². The van der Waals surface area contributed by atoms with Crippen molar-refractivity contribution in [3.63, 3.8) is 0 Å². The fraction of sp³-hybridized carbons (Fsp3) is 0.355. The van der Waals surface area contributed by atoms with Gasteiger partial charge in [-0.15, -0.1) is 0 Å². The smallest absolute Gasteiger partial charge is 0.243 e. The Kier molecular flexibility index (Phi) is 12.2. The van der Waals surface area contributed by atoms with Crippen LogP contribution in [0.25, 0.3) is 0 Å². The van der Waals surface area contributed by atoms with Crippen molar-refractivity contribution in [1.29, 1.82) is 0 Å². The molecule has 0 fully saturated rings. The minimum absolute atomic E-state index is 0.00579. The summed E-state index contributed by atoms with van der Waals surface area (Å²) in [7, 11) is -3.70. The number of anilines is 1. The third kappa shape index (κ3) is 9.71. The lowest BCUT2D eigenvalue weighted by Crippen LogP contribution is -2.52. The molecule has 0 heterocycles. The van der Waals surface area contributed by atoms with E-state index in [0.29, 0.717) is 27.7 Å². The maximum Gasteiger partial charge on any atom is 0.243 e. The Hall–Kier alpha value is -3.14. The van der Waals surface area contributed by atoms with Crippen molar-refractivity contribution >= 4 is 50.7 Å². The van der Waals surface area contributed by atoms with Gasteiger partial charge in [-0.25, -0.2) is 12.8 Å². The second-order valence-electron chi connectivity index (χ2n) is 10.2. The monoisotopic (exact) mass is 635 g/mol. The molecular formula is C31H36Cl2FN3O4S. The lowest BCUT2D eigenvalue weighted by atomic mass is 10.0. The highest BCUT2D eigenvalue weighted by Gasteiger charge is 2.31. The first-order chi connectivity index (χ1) is 19.9. The molecule has 3 aromatic carbocycles. The van der Waals surface area contributed by atoms with Crippen LogP contribution in [0, 0.1) is 5.82 Å². The number of nitrogens with one attached hydrogen (secondary N) is 1. The van der Waals surface area contributed by atoms with Crippen molar-refractivity contribution in [1.82, 2.24) is 10.2 Å². The van der Waals surface area contributed by atoms with Crippen molar-refractivity contribution in [2.75, 3.05) is 17.1 Å². The third-order valence-electron chi connectivity index (χ3n) is 6.89. The molecule has 1 N–H and O–H groups in total. The van der Waals surface area contributed by atoms with E-state index < -0.39 is 21.9 Å². The molecule has 0 aromatic heterocycles. The molecule has 0 aliphatic heterocycles. The molecule has 11 heteroatoms. The largest absolute Gasteiger partial charge is 0.352 e. The molecule has 226 valence electrons. The quantitative estimate of drug-likeness (QED) is 0.227. The van der Waals surface area contributed by atoms with Gasteiger partial charge in [-0.1, -0.05) is 66.5 Å². The summed E-state index contributed by atoms with van der Waals surface area (Å²) in [4.78, 5) is 29.0. The van der Waals surface area contributed by atoms with Gasteiger partial charge in [0.25, 0.3) is 0 Å². The van der Waals surface area contributed by atoms with E-state index in [4.69, 9.17) is 23.2 Å². The van der Waals surface area contributed by atoms with E-state index in [-0.39, 0.29) is 50.2 Å². The van der Waals surface area contributed by atoms with Crippen LogP contribution in [-0.2, 0) is 32.6 Å². The summed E-state index contributed by atoms with van der Waals surface area (Å²) in [5.74, 6) is -1.12. The molecule has 3 rings (SSSR count). The van der Waals surface area contributed by atoms with E-state index in [1.54, 1.807) is 18.2 Å². The number of carbonyl (C=O) groups is 2. The maximum absolute atomic E-state index is 13.9. The molecule has 0 saturated carbocycles. The molecule has 0 bridgehead atoms. The number of sulfonamides is 1. The summed E-state index contributed by atoms with van der Waals surface area (Å²) in [6.07, 6.45) is 2.16. The topological polar surface area (TPSA) is 86.8 Å². The van der Waals surface area contributed by atoms with Gasteiger partial charge in [-0.05, 0) is 67.3 Å². The number of halogens is 3. The molecule has 0 radical (unpaired) electrons. The zero-order valence-electron chi connectivity index (χ0n) is 23.9. The molecule has 0 unspecified atom stereocenters. The molecule has 0 aliphatic rings. The standard InChI is InChI=1S/C31H36Cl2FN3O4S/c1-4-22(2)35-31(39)29(19-23-9-6-5-7-10-23)36(21-24-12-13-25(32)20-28(24)33)30(38)11-8-18-37(42(3,40)41)27-16-14-26(34)15-17-27/h5-7,9-10,12-17,20,22,29H,4,8,11,18-19,21H2,1-3H3,(H,35,39)/t22-,29+/m1/s1. The molecular weight excluding hydrogens is 600 g/mol. The van der Waals surface area contributed by atoms with Gasteiger partial charge in [0.15, 0.2) is 0 Å². The number of hydrogen-bond acceptors (Lipinski definition) is 4. The molecule has 42 heavy (non-hydrogen) atoms. The number of carbonyl (C=O) groups excluding carboxylic acids is 2. The van der Waals surface area contributed by atoms with Gasteiger partial charge in [-0.3, -0.25) is 13.9 Å². The molecule has 0 aliphatic carbocycles. The predicted molar refractivity (Wildman–Crippen MR) is 167 cm³/mol. The summed E-state index contributed by atoms with van der Waals surface area (Å²) >= 11 is 12.6. The van der Waals surface area contributed by atoms with Crippen LogP contribution in [-0.4, -0.2) is 50.0 Å². The van der Waals surface area contributed by atoms with Crippen LogP contribution in [0.3, 0.4) is 0 Å². The fourth-order valence-corrected chi connectivity index (χ4v) is 5.87. The van der Waals surface area contributed by atoms with E-state index in [1.807, 2.05) is 44.2 Å². The van der Waals surface area contributed by atoms with Gasteiger partial charge in [0, 0.05) is 42.0 Å². The van der Waals surface area contributed by atoms with Crippen molar-refractivity contribution < 1.29 is 22.4 Å². The Morgan fingerprint density at radius 1 is 1.00 bits per heavy atom. The first-order valence-corrected chi connectivity index (χ1v) is 16.3. The van der Waals surface area contributed by atoms with E-state index in [1.165, 1.54) is 29.2 Å². The summed E-state index contributed by atoms with van der Waals surface area (Å²) in [6, 6.07) is 18.5. The molecule has 3 aromatic rings. The van der Waals surface area contributed by atoms with Crippen LogP contribution in [0.1, 0.15) is 44.2 Å². The Balaban J connectivity index is 1.91. The van der Waals surface area contributed by atoms with E-state index in [2.05, 4.69) is 5.32 Å². The molecule has 7 nitrogen and oxygen atoms in total. The summed E-state index contributed by atoms with van der Waals surface area (Å²) in [6.45, 7) is 3.90. The minimum Gasteiger partial charge on any atom is -0.352 e. The van der Waals surface area contributed by atoms with Gasteiger partial charge >= 0.3 is 0 Å². The third-order valence-corrected chi connectivity index (χ3v) is 8.68. The number of rotatable bonds is 14. The number of nitrogens with zero attached hydrogens (tertiary/aromatic N) is 2. The maximum atomic E-state index is 13.9. The van der Waals surface area contributed by atoms with Crippen molar-refractivity contribution in [3.05, 3.63) is 99.8 Å². The average molecular weight is 637 g/mol. The lowest BCUT2D eigenvalue weighted by molar-refractivity contribution is -0.141. The van der Waals surface area contributed by atoms with Gasteiger partial charge in [-0.2, -0.15) is 0 Å². The summed E-state index contributed by atoms with van der Waals surface area (Å²) in [5, 5.41) is 3.81. The van der Waals surface area contributed by atoms with Gasteiger partial charge in [0.1, 0.15) is 11.9 Å². The highest BCUT2D eigenvalue weighted by atomic mass is 35.5. The van der Waals surface area contributed by atoms with Gasteiger partial charge in [0.05, 0.1) is 11.9 Å². The number of hydrogen-bond donors (Lipinski definition) is 1. The van der Waals surface area contributed by atoms with E-state index in [0.717, 1.165) is 16.1 Å². The van der Waals surface area contributed by atoms with E-state index in [9.17, 15) is 22.4 Å². The molecule has 0 spiro atoms. The molecule has 2 atom stereocenters. The second-order valence-corrected chi connectivity index (χ2v) is 12.9. The summed E-state index contributed by atoms with van der Waals surface area (Å²) in [5.41, 5.74) is 1.79.